The van der Waals surface area contributed by atoms with Gasteiger partial charge in [0.2, 0.25) is 0 Å². The van der Waals surface area contributed by atoms with Crippen molar-refractivity contribution in [3.8, 4) is 50.2 Å². The molecule has 63 heavy (non-hydrogen) atoms. The second kappa shape index (κ2) is 14.2. The van der Waals surface area contributed by atoms with Gasteiger partial charge in [-0.2, -0.15) is 0 Å². The maximum Gasteiger partial charge on any atom is 0.0541 e. The molecule has 0 aliphatic carbocycles. The Balaban J connectivity index is 1.12. The summed E-state index contributed by atoms with van der Waals surface area (Å²) < 4.78 is 2.47. The molecule has 13 rings (SSSR count). The average Bonchev–Trinajstić information content (AvgIpc) is 3.68. The van der Waals surface area contributed by atoms with Gasteiger partial charge < -0.3 is 4.57 Å². The van der Waals surface area contributed by atoms with Crippen LogP contribution in [0, 0.1) is 0 Å². The lowest BCUT2D eigenvalue weighted by Crippen LogP contribution is -1.94. The van der Waals surface area contributed by atoms with E-state index in [1.165, 1.54) is 120 Å². The molecule has 13 aromatic rings. The molecule has 292 valence electrons. The van der Waals surface area contributed by atoms with E-state index in [2.05, 4.69) is 241 Å². The van der Waals surface area contributed by atoms with Gasteiger partial charge in [0.05, 0.1) is 11.0 Å². The van der Waals surface area contributed by atoms with Gasteiger partial charge in [-0.25, -0.2) is 0 Å². The molecule has 0 aliphatic rings. The van der Waals surface area contributed by atoms with Gasteiger partial charge in [0, 0.05) is 16.5 Å². The molecule has 0 saturated heterocycles. The molecular formula is C62H39N. The third-order valence-corrected chi connectivity index (χ3v) is 13.3. The van der Waals surface area contributed by atoms with Crippen LogP contribution < -0.4 is 0 Å². The first-order chi connectivity index (χ1) is 31.3. The van der Waals surface area contributed by atoms with Gasteiger partial charge in [0.25, 0.3) is 0 Å². The molecule has 0 atom stereocenters. The average molecular weight is 798 g/mol. The van der Waals surface area contributed by atoms with Crippen molar-refractivity contribution in [1.82, 2.24) is 4.57 Å². The fourth-order valence-electron chi connectivity index (χ4n) is 10.6. The first kappa shape index (κ1) is 35.5. The van der Waals surface area contributed by atoms with Crippen molar-refractivity contribution in [3.63, 3.8) is 0 Å². The first-order valence-electron chi connectivity index (χ1n) is 21.8. The number of benzene rings is 12. The predicted octanol–water partition coefficient (Wildman–Crippen LogP) is 17.2. The molecule has 1 heterocycles. The molecule has 1 heteroatoms. The quantitative estimate of drug-likeness (QED) is 0.153. The van der Waals surface area contributed by atoms with Crippen LogP contribution in [0.4, 0.5) is 0 Å². The lowest BCUT2D eigenvalue weighted by atomic mass is 9.85. The molecule has 12 aromatic carbocycles. The van der Waals surface area contributed by atoms with Crippen LogP contribution in [-0.2, 0) is 0 Å². The Labute approximate surface area is 365 Å². The molecule has 0 amide bonds. The highest BCUT2D eigenvalue weighted by Crippen LogP contribution is 2.47. The van der Waals surface area contributed by atoms with Crippen molar-refractivity contribution in [2.75, 3.05) is 0 Å². The molecule has 1 aromatic heterocycles. The van der Waals surface area contributed by atoms with Gasteiger partial charge in [-0.3, -0.25) is 0 Å². The van der Waals surface area contributed by atoms with Crippen LogP contribution in [0.5, 0.6) is 0 Å². The lowest BCUT2D eigenvalue weighted by Gasteiger charge is -2.18. The predicted molar refractivity (Wildman–Crippen MR) is 270 cm³/mol. The van der Waals surface area contributed by atoms with Crippen molar-refractivity contribution < 1.29 is 0 Å². The maximum atomic E-state index is 2.47. The normalized spacial score (nSPS) is 11.8. The Bertz CT molecular complexity index is 3620. The topological polar surface area (TPSA) is 4.93 Å². The monoisotopic (exact) mass is 797 g/mol. The number of aromatic nitrogens is 1. The van der Waals surface area contributed by atoms with Crippen LogP contribution in [0.3, 0.4) is 0 Å². The zero-order valence-electron chi connectivity index (χ0n) is 34.5. The standard InChI is InChI=1S/C62H39N/c1-3-18-41(19-4-1)59-47-23-9-13-27-51(47)61(52-28-14-10-24-48(52)59)44-32-35-57-55(38-44)56-39-45(33-36-58(56)63(57)46-34-31-40-17-7-8-22-43(40)37-46)62-53-29-15-11-25-49(53)60(42-20-5-2-6-21-42)50-26-12-16-30-54(50)62/h1-39H. The number of nitrogens with zero attached hydrogens (tertiary/aromatic N) is 1. The van der Waals surface area contributed by atoms with Crippen molar-refractivity contribution in [2.45, 2.75) is 0 Å². The van der Waals surface area contributed by atoms with Gasteiger partial charge in [0.15, 0.2) is 0 Å². The van der Waals surface area contributed by atoms with E-state index in [1.807, 2.05) is 0 Å². The molecule has 0 bridgehead atoms. The Hall–Kier alpha value is -8.26. The fourth-order valence-corrected chi connectivity index (χ4v) is 10.6. The number of hydrogen-bond acceptors (Lipinski definition) is 0. The third kappa shape index (κ3) is 5.50. The molecule has 0 aliphatic heterocycles. The highest BCUT2D eigenvalue weighted by atomic mass is 15.0. The summed E-state index contributed by atoms with van der Waals surface area (Å²) in [6.07, 6.45) is 0. The summed E-state index contributed by atoms with van der Waals surface area (Å²) in [5, 5.41) is 15.0. The van der Waals surface area contributed by atoms with Crippen molar-refractivity contribution in [3.05, 3.63) is 237 Å². The van der Waals surface area contributed by atoms with Crippen LogP contribution >= 0.6 is 0 Å². The van der Waals surface area contributed by atoms with Crippen LogP contribution in [0.15, 0.2) is 237 Å². The Kier molecular flexibility index (Phi) is 7.98. The summed E-state index contributed by atoms with van der Waals surface area (Å²) in [6.45, 7) is 0. The molecule has 1 nitrogen and oxygen atoms in total. The molecular weight excluding hydrogens is 759 g/mol. The molecule has 0 saturated carbocycles. The van der Waals surface area contributed by atoms with Crippen molar-refractivity contribution in [2.24, 2.45) is 0 Å². The Morgan fingerprint density at radius 2 is 0.540 bits per heavy atom. The molecule has 0 N–H and O–H groups in total. The summed E-state index contributed by atoms with van der Waals surface area (Å²) in [5.74, 6) is 0. The molecule has 0 fully saturated rings. The molecule has 0 spiro atoms. The summed E-state index contributed by atoms with van der Waals surface area (Å²) >= 11 is 0. The summed E-state index contributed by atoms with van der Waals surface area (Å²) in [4.78, 5) is 0. The van der Waals surface area contributed by atoms with E-state index in [-0.39, 0.29) is 0 Å². The van der Waals surface area contributed by atoms with Gasteiger partial charge in [-0.05, 0) is 135 Å². The van der Waals surface area contributed by atoms with Crippen LogP contribution in [0.25, 0.3) is 126 Å². The third-order valence-electron chi connectivity index (χ3n) is 13.3. The maximum absolute atomic E-state index is 2.47. The minimum atomic E-state index is 1.15. The van der Waals surface area contributed by atoms with Crippen molar-refractivity contribution in [1.29, 1.82) is 0 Å². The second-order valence-corrected chi connectivity index (χ2v) is 16.7. The van der Waals surface area contributed by atoms with E-state index in [9.17, 15) is 0 Å². The smallest absolute Gasteiger partial charge is 0.0541 e. The van der Waals surface area contributed by atoms with E-state index >= 15 is 0 Å². The first-order valence-corrected chi connectivity index (χ1v) is 21.8. The van der Waals surface area contributed by atoms with Crippen LogP contribution in [0.2, 0.25) is 0 Å². The molecule has 0 unspecified atom stereocenters. The summed E-state index contributed by atoms with van der Waals surface area (Å²) in [6, 6.07) is 87.4. The SMILES string of the molecule is c1ccc(-c2c3ccccc3c(-c3ccc4c(c3)c3cc(-c5c6ccccc6c(-c6ccccc6)c6ccccc56)ccc3n4-c3ccc4ccccc4c3)c3ccccc23)cc1. The summed E-state index contributed by atoms with van der Waals surface area (Å²) in [7, 11) is 0. The number of rotatable bonds is 5. The fraction of sp³-hybridized carbons (Fsp3) is 0. The second-order valence-electron chi connectivity index (χ2n) is 16.7. The van der Waals surface area contributed by atoms with E-state index < -0.39 is 0 Å². The van der Waals surface area contributed by atoms with E-state index in [1.54, 1.807) is 0 Å². The van der Waals surface area contributed by atoms with E-state index in [0.717, 1.165) is 5.69 Å². The van der Waals surface area contributed by atoms with E-state index in [4.69, 9.17) is 0 Å². The van der Waals surface area contributed by atoms with E-state index in [0.29, 0.717) is 0 Å². The van der Waals surface area contributed by atoms with Gasteiger partial charge in [0.1, 0.15) is 0 Å². The van der Waals surface area contributed by atoms with Crippen molar-refractivity contribution >= 4 is 75.7 Å². The highest BCUT2D eigenvalue weighted by Gasteiger charge is 2.21. The molecule has 0 radical (unpaired) electrons. The Morgan fingerprint density at radius 3 is 0.937 bits per heavy atom. The van der Waals surface area contributed by atoms with Gasteiger partial charge in [-0.15, -0.1) is 0 Å². The minimum Gasteiger partial charge on any atom is -0.309 e. The highest BCUT2D eigenvalue weighted by molar-refractivity contribution is 6.24. The van der Waals surface area contributed by atoms with Crippen LogP contribution in [-0.4, -0.2) is 4.57 Å². The minimum absolute atomic E-state index is 1.15. The summed E-state index contributed by atoms with van der Waals surface area (Å²) in [5.41, 5.74) is 13.5. The Morgan fingerprint density at radius 1 is 0.206 bits per heavy atom. The number of fused-ring (bicyclic) bond motifs is 8. The largest absolute Gasteiger partial charge is 0.309 e. The lowest BCUT2D eigenvalue weighted by molar-refractivity contribution is 1.19. The van der Waals surface area contributed by atoms with Gasteiger partial charge in [-0.1, -0.05) is 200 Å². The zero-order chi connectivity index (χ0) is 41.4. The van der Waals surface area contributed by atoms with Crippen LogP contribution in [0.1, 0.15) is 0 Å². The zero-order valence-corrected chi connectivity index (χ0v) is 34.5. The number of hydrogen-bond donors (Lipinski definition) is 0. The van der Waals surface area contributed by atoms with Gasteiger partial charge >= 0.3 is 0 Å².